The van der Waals surface area contributed by atoms with E-state index in [1.807, 2.05) is 38.1 Å². The van der Waals surface area contributed by atoms with Gasteiger partial charge in [-0.1, -0.05) is 33.1 Å². The molecule has 2 amide bonds. The van der Waals surface area contributed by atoms with Gasteiger partial charge in [-0.05, 0) is 31.0 Å². The summed E-state index contributed by atoms with van der Waals surface area (Å²) in [7, 11) is 3.80. The number of nitrogens with zero attached hydrogens (tertiary/aromatic N) is 1. The maximum absolute atomic E-state index is 12.4. The molecular weight excluding hydrogens is 302 g/mol. The molecule has 0 aliphatic carbocycles. The van der Waals surface area contributed by atoms with Gasteiger partial charge in [-0.25, -0.2) is 0 Å². The van der Waals surface area contributed by atoms with Gasteiger partial charge in [0.05, 0.1) is 5.56 Å². The van der Waals surface area contributed by atoms with Gasteiger partial charge in [0.2, 0.25) is 5.91 Å². The van der Waals surface area contributed by atoms with Crippen molar-refractivity contribution in [1.82, 2.24) is 5.32 Å². The number of rotatable bonds is 10. The topological polar surface area (TPSA) is 61.4 Å². The van der Waals surface area contributed by atoms with Gasteiger partial charge in [0.25, 0.3) is 5.91 Å². The number of amides is 2. The lowest BCUT2D eigenvalue weighted by molar-refractivity contribution is -0.116. The summed E-state index contributed by atoms with van der Waals surface area (Å²) < 4.78 is 0. The van der Waals surface area contributed by atoms with E-state index in [0.717, 1.165) is 37.8 Å². The second kappa shape index (κ2) is 10.7. The normalized spacial score (nSPS) is 10.3. The number of carbonyl (C=O) groups excluding carboxylic acids is 2. The van der Waals surface area contributed by atoms with Gasteiger partial charge in [0.1, 0.15) is 0 Å². The first-order chi connectivity index (χ1) is 11.5. The molecule has 1 rings (SSSR count). The Labute approximate surface area is 145 Å². The van der Waals surface area contributed by atoms with Crippen molar-refractivity contribution in [3.63, 3.8) is 0 Å². The van der Waals surface area contributed by atoms with E-state index in [-0.39, 0.29) is 11.8 Å². The summed E-state index contributed by atoms with van der Waals surface area (Å²) in [5.74, 6) is -0.108. The van der Waals surface area contributed by atoms with Gasteiger partial charge in [0.15, 0.2) is 0 Å². The average Bonchev–Trinajstić information content (AvgIpc) is 2.56. The highest BCUT2D eigenvalue weighted by molar-refractivity contribution is 6.02. The smallest absolute Gasteiger partial charge is 0.253 e. The molecule has 0 atom stereocenters. The molecule has 24 heavy (non-hydrogen) atoms. The van der Waals surface area contributed by atoms with E-state index in [1.165, 1.54) is 0 Å². The zero-order valence-electron chi connectivity index (χ0n) is 15.4. The monoisotopic (exact) mass is 333 g/mol. The van der Waals surface area contributed by atoms with Crippen LogP contribution in [-0.2, 0) is 4.79 Å². The van der Waals surface area contributed by atoms with Gasteiger partial charge in [-0.3, -0.25) is 9.59 Å². The fourth-order valence-corrected chi connectivity index (χ4v) is 2.46. The molecule has 1 aromatic carbocycles. The number of carbonyl (C=O) groups is 2. The Morgan fingerprint density at radius 1 is 1.04 bits per heavy atom. The highest BCUT2D eigenvalue weighted by Crippen LogP contribution is 2.23. The van der Waals surface area contributed by atoms with E-state index in [2.05, 4.69) is 17.6 Å². The number of hydrogen-bond donors (Lipinski definition) is 2. The second-order valence-electron chi connectivity index (χ2n) is 6.24. The van der Waals surface area contributed by atoms with Crippen LogP contribution in [0.25, 0.3) is 0 Å². The Morgan fingerprint density at radius 3 is 2.42 bits per heavy atom. The van der Waals surface area contributed by atoms with Crippen molar-refractivity contribution in [3.05, 3.63) is 23.8 Å². The lowest BCUT2D eigenvalue weighted by atomic mass is 10.1. The molecule has 0 fully saturated rings. The highest BCUT2D eigenvalue weighted by Gasteiger charge is 2.14. The van der Waals surface area contributed by atoms with Crippen LogP contribution in [0.5, 0.6) is 0 Å². The van der Waals surface area contributed by atoms with Crippen molar-refractivity contribution in [2.24, 2.45) is 0 Å². The molecule has 2 N–H and O–H groups in total. The van der Waals surface area contributed by atoms with Crippen molar-refractivity contribution in [3.8, 4) is 0 Å². The predicted molar refractivity (Wildman–Crippen MR) is 101 cm³/mol. The third-order valence-corrected chi connectivity index (χ3v) is 3.80. The minimum absolute atomic E-state index is 0.00335. The van der Waals surface area contributed by atoms with Crippen molar-refractivity contribution >= 4 is 23.2 Å². The average molecular weight is 333 g/mol. The first kappa shape index (κ1) is 20.0. The van der Waals surface area contributed by atoms with Gasteiger partial charge >= 0.3 is 0 Å². The van der Waals surface area contributed by atoms with Crippen LogP contribution < -0.4 is 15.5 Å². The first-order valence-electron chi connectivity index (χ1n) is 8.89. The summed E-state index contributed by atoms with van der Waals surface area (Å²) in [4.78, 5) is 26.3. The highest BCUT2D eigenvalue weighted by atomic mass is 16.2. The number of unbranched alkanes of at least 4 members (excludes halogenated alkanes) is 3. The van der Waals surface area contributed by atoms with Crippen LogP contribution in [-0.4, -0.2) is 32.5 Å². The van der Waals surface area contributed by atoms with Crippen LogP contribution in [0.4, 0.5) is 11.4 Å². The van der Waals surface area contributed by atoms with Crippen molar-refractivity contribution < 1.29 is 9.59 Å². The summed E-state index contributed by atoms with van der Waals surface area (Å²) in [5.41, 5.74) is 2.09. The predicted octanol–water partition coefficient (Wildman–Crippen LogP) is 3.80. The minimum Gasteiger partial charge on any atom is -0.377 e. The van der Waals surface area contributed by atoms with Crippen molar-refractivity contribution in [2.45, 2.75) is 52.4 Å². The molecule has 0 spiro atoms. The number of anilines is 2. The summed E-state index contributed by atoms with van der Waals surface area (Å²) in [6.07, 6.45) is 5.70. The first-order valence-corrected chi connectivity index (χ1v) is 8.89. The fourth-order valence-electron chi connectivity index (χ4n) is 2.46. The van der Waals surface area contributed by atoms with Gasteiger partial charge < -0.3 is 15.5 Å². The molecule has 0 saturated carbocycles. The number of nitrogens with one attached hydrogen (secondary N) is 2. The minimum atomic E-state index is -0.111. The van der Waals surface area contributed by atoms with E-state index in [1.54, 1.807) is 6.07 Å². The molecule has 0 bridgehead atoms. The lowest BCUT2D eigenvalue weighted by Crippen LogP contribution is -2.26. The van der Waals surface area contributed by atoms with Crippen LogP contribution in [0.1, 0.15) is 62.7 Å². The second-order valence-corrected chi connectivity index (χ2v) is 6.24. The van der Waals surface area contributed by atoms with E-state index in [4.69, 9.17) is 0 Å². The summed E-state index contributed by atoms with van der Waals surface area (Å²) in [5, 5.41) is 5.79. The Morgan fingerprint density at radius 2 is 1.79 bits per heavy atom. The number of benzene rings is 1. The maximum atomic E-state index is 12.4. The van der Waals surface area contributed by atoms with Crippen LogP contribution in [0.2, 0.25) is 0 Å². The fraction of sp³-hybridized carbons (Fsp3) is 0.579. The van der Waals surface area contributed by atoms with Gasteiger partial charge in [0, 0.05) is 38.4 Å². The Kier molecular flexibility index (Phi) is 8.90. The molecule has 1 aromatic rings. The summed E-state index contributed by atoms with van der Waals surface area (Å²) in [6.45, 7) is 4.81. The van der Waals surface area contributed by atoms with Crippen LogP contribution in [0.15, 0.2) is 18.2 Å². The van der Waals surface area contributed by atoms with Crippen molar-refractivity contribution in [2.75, 3.05) is 30.9 Å². The summed E-state index contributed by atoms with van der Waals surface area (Å²) >= 11 is 0. The molecule has 0 radical (unpaired) electrons. The molecule has 5 heteroatoms. The van der Waals surface area contributed by atoms with E-state index in [9.17, 15) is 9.59 Å². The zero-order chi connectivity index (χ0) is 17.9. The van der Waals surface area contributed by atoms with Crippen LogP contribution in [0, 0.1) is 0 Å². The summed E-state index contributed by atoms with van der Waals surface area (Å²) in [6, 6.07) is 5.47. The zero-order valence-corrected chi connectivity index (χ0v) is 15.4. The molecule has 134 valence electrons. The van der Waals surface area contributed by atoms with Crippen LogP contribution >= 0.6 is 0 Å². The quantitative estimate of drug-likeness (QED) is 0.640. The Balaban J connectivity index is 2.78. The molecular formula is C19H31N3O2. The molecule has 0 heterocycles. The van der Waals surface area contributed by atoms with Crippen LogP contribution in [0.3, 0.4) is 0 Å². The third-order valence-electron chi connectivity index (χ3n) is 3.80. The Hall–Kier alpha value is -2.04. The van der Waals surface area contributed by atoms with E-state index < -0.39 is 0 Å². The third kappa shape index (κ3) is 6.60. The molecule has 0 aliphatic rings. The van der Waals surface area contributed by atoms with Gasteiger partial charge in [-0.15, -0.1) is 0 Å². The maximum Gasteiger partial charge on any atom is 0.253 e. The molecule has 0 saturated heterocycles. The molecule has 5 nitrogen and oxygen atoms in total. The standard InChI is InChI=1S/C19H31N3O2/c1-5-7-8-9-10-18(23)21-15-11-12-17(22(3)4)16(14-15)19(24)20-13-6-2/h11-12,14H,5-10,13H2,1-4H3,(H,20,24)(H,21,23). The molecule has 0 aromatic heterocycles. The Bertz CT molecular complexity index is 541. The van der Waals surface area contributed by atoms with E-state index >= 15 is 0 Å². The van der Waals surface area contributed by atoms with E-state index in [0.29, 0.717) is 24.2 Å². The number of hydrogen-bond acceptors (Lipinski definition) is 3. The molecule has 0 aliphatic heterocycles. The van der Waals surface area contributed by atoms with Crippen molar-refractivity contribution in [1.29, 1.82) is 0 Å². The molecule has 0 unspecified atom stereocenters. The SMILES string of the molecule is CCCCCCC(=O)Nc1ccc(N(C)C)c(C(=O)NCCC)c1. The lowest BCUT2D eigenvalue weighted by Gasteiger charge is -2.18. The van der Waals surface area contributed by atoms with Gasteiger partial charge in [-0.2, -0.15) is 0 Å². The largest absolute Gasteiger partial charge is 0.377 e.